The van der Waals surface area contributed by atoms with Gasteiger partial charge < -0.3 is 5.73 Å². The third-order valence-electron chi connectivity index (χ3n) is 3.10. The lowest BCUT2D eigenvalue weighted by Gasteiger charge is -2.34. The fourth-order valence-electron chi connectivity index (χ4n) is 2.22. The molecule has 0 atom stereocenters. The molecule has 0 radical (unpaired) electrons. The summed E-state index contributed by atoms with van der Waals surface area (Å²) in [7, 11) is 0. The third kappa shape index (κ3) is 1.53. The van der Waals surface area contributed by atoms with Gasteiger partial charge in [-0.15, -0.1) is 5.10 Å². The molecule has 2 aromatic heterocycles. The number of nitrogen functional groups attached to an aromatic ring is 1. The second-order valence-corrected chi connectivity index (χ2v) is 4.77. The summed E-state index contributed by atoms with van der Waals surface area (Å²) >= 11 is 5.84. The van der Waals surface area contributed by atoms with Crippen molar-refractivity contribution in [3.63, 3.8) is 0 Å². The zero-order chi connectivity index (χ0) is 13.1. The predicted octanol–water partition coefficient (Wildman–Crippen LogP) is 2.62. The number of anilines is 1. The Bertz CT molecular complexity index is 632. The lowest BCUT2D eigenvalue weighted by Crippen LogP contribution is -2.34. The molecule has 8 heteroatoms. The van der Waals surface area contributed by atoms with Gasteiger partial charge in [0.1, 0.15) is 10.5 Å². The number of nitrogens with two attached hydrogens (primary N) is 1. The molecule has 1 aliphatic carbocycles. The van der Waals surface area contributed by atoms with Crippen LogP contribution in [-0.4, -0.2) is 20.5 Å². The summed E-state index contributed by atoms with van der Waals surface area (Å²) < 4.78 is 40.7. The van der Waals surface area contributed by atoms with Crippen LogP contribution in [0.25, 0.3) is 5.52 Å². The molecule has 0 unspecified atom stereocenters. The lowest BCUT2D eigenvalue weighted by molar-refractivity contribution is -0.0878. The van der Waals surface area contributed by atoms with Gasteiger partial charge in [-0.2, -0.15) is 0 Å². The molecule has 0 bridgehead atoms. The van der Waals surface area contributed by atoms with Crippen LogP contribution in [0, 0.1) is 5.82 Å². The molecule has 4 nitrogen and oxygen atoms in total. The zero-order valence-corrected chi connectivity index (χ0v) is 9.76. The van der Waals surface area contributed by atoms with Gasteiger partial charge in [-0.25, -0.2) is 22.7 Å². The second-order valence-electron chi connectivity index (χ2n) is 4.39. The van der Waals surface area contributed by atoms with Crippen LogP contribution < -0.4 is 5.73 Å². The number of fused-ring (bicyclic) bond motifs is 1. The number of hydrogen-bond donors (Lipinski definition) is 1. The standard InChI is InChI=1S/C10H8ClF3N4/c11-6-7(12)5-3-16-9(15)17-18(5)8(6)4-1-10(13,14)2-4/h3-4H,1-2H2,(H2,15,17). The van der Waals surface area contributed by atoms with Gasteiger partial charge in [-0.3, -0.25) is 0 Å². The van der Waals surface area contributed by atoms with Crippen molar-refractivity contribution in [2.24, 2.45) is 0 Å². The van der Waals surface area contributed by atoms with Crippen LogP contribution in [0.4, 0.5) is 19.1 Å². The Morgan fingerprint density at radius 3 is 2.72 bits per heavy atom. The van der Waals surface area contributed by atoms with Crippen molar-refractivity contribution in [3.8, 4) is 0 Å². The molecule has 1 saturated carbocycles. The molecule has 0 amide bonds. The molecule has 2 aromatic rings. The third-order valence-corrected chi connectivity index (χ3v) is 3.46. The van der Waals surface area contributed by atoms with Gasteiger partial charge in [-0.05, 0) is 0 Å². The Morgan fingerprint density at radius 2 is 2.11 bits per heavy atom. The highest BCUT2D eigenvalue weighted by Gasteiger charge is 2.48. The maximum atomic E-state index is 13.8. The van der Waals surface area contributed by atoms with Crippen LogP contribution in [0.2, 0.25) is 5.02 Å². The van der Waals surface area contributed by atoms with Crippen LogP contribution in [0.15, 0.2) is 6.20 Å². The molecule has 96 valence electrons. The van der Waals surface area contributed by atoms with Crippen LogP contribution in [0.1, 0.15) is 24.5 Å². The monoisotopic (exact) mass is 276 g/mol. The van der Waals surface area contributed by atoms with Gasteiger partial charge in [0.25, 0.3) is 0 Å². The van der Waals surface area contributed by atoms with Gasteiger partial charge in [0.2, 0.25) is 11.9 Å². The molecule has 0 saturated heterocycles. The minimum Gasteiger partial charge on any atom is -0.367 e. The molecule has 2 N–H and O–H groups in total. The highest BCUT2D eigenvalue weighted by Crippen LogP contribution is 2.50. The van der Waals surface area contributed by atoms with E-state index < -0.39 is 17.7 Å². The molecule has 2 heterocycles. The van der Waals surface area contributed by atoms with Crippen molar-refractivity contribution in [2.75, 3.05) is 5.73 Å². The van der Waals surface area contributed by atoms with Crippen molar-refractivity contribution in [3.05, 3.63) is 22.7 Å². The van der Waals surface area contributed by atoms with Crippen molar-refractivity contribution in [1.29, 1.82) is 0 Å². The maximum Gasteiger partial charge on any atom is 0.249 e. The molecule has 18 heavy (non-hydrogen) atoms. The van der Waals surface area contributed by atoms with Crippen LogP contribution in [-0.2, 0) is 0 Å². The van der Waals surface area contributed by atoms with E-state index in [0.717, 1.165) is 0 Å². The Kier molecular flexibility index (Phi) is 2.25. The molecule has 1 aliphatic rings. The van der Waals surface area contributed by atoms with Crippen molar-refractivity contribution < 1.29 is 13.2 Å². The first kappa shape index (κ1) is 11.6. The molecular weight excluding hydrogens is 269 g/mol. The minimum absolute atomic E-state index is 0.0411. The van der Waals surface area contributed by atoms with Crippen molar-refractivity contribution >= 4 is 23.1 Å². The Balaban J connectivity index is 2.16. The normalized spacial score (nSPS) is 19.1. The van der Waals surface area contributed by atoms with E-state index in [1.54, 1.807) is 0 Å². The fraction of sp³-hybridized carbons (Fsp3) is 0.400. The van der Waals surface area contributed by atoms with Gasteiger partial charge in [-0.1, -0.05) is 11.6 Å². The molecule has 0 spiro atoms. The Hall–Kier alpha value is -1.50. The van der Waals surface area contributed by atoms with Gasteiger partial charge in [0.05, 0.1) is 11.9 Å². The maximum absolute atomic E-state index is 13.8. The molecular formula is C10H8ClF3N4. The average Bonchev–Trinajstić information content (AvgIpc) is 2.48. The summed E-state index contributed by atoms with van der Waals surface area (Å²) in [6, 6.07) is 0. The summed E-state index contributed by atoms with van der Waals surface area (Å²) in [5.41, 5.74) is 5.69. The van der Waals surface area contributed by atoms with Crippen LogP contribution in [0.3, 0.4) is 0 Å². The summed E-state index contributed by atoms with van der Waals surface area (Å²) in [5, 5.41) is 3.64. The Morgan fingerprint density at radius 1 is 1.44 bits per heavy atom. The van der Waals surface area contributed by atoms with Crippen LogP contribution >= 0.6 is 11.6 Å². The topological polar surface area (TPSA) is 56.2 Å². The molecule has 0 aromatic carbocycles. The number of aromatic nitrogens is 3. The van der Waals surface area contributed by atoms with Crippen molar-refractivity contribution in [1.82, 2.24) is 14.6 Å². The minimum atomic E-state index is -2.72. The number of hydrogen-bond acceptors (Lipinski definition) is 3. The Labute approximate surface area is 105 Å². The lowest BCUT2D eigenvalue weighted by atomic mass is 9.79. The first-order valence-corrected chi connectivity index (χ1v) is 5.63. The van der Waals surface area contributed by atoms with E-state index >= 15 is 0 Å². The van der Waals surface area contributed by atoms with E-state index in [2.05, 4.69) is 10.1 Å². The molecule has 0 aliphatic heterocycles. The smallest absolute Gasteiger partial charge is 0.249 e. The number of alkyl halides is 2. The first-order chi connectivity index (χ1) is 8.39. The highest BCUT2D eigenvalue weighted by molar-refractivity contribution is 6.32. The number of rotatable bonds is 1. The zero-order valence-electron chi connectivity index (χ0n) is 9.00. The number of halogens is 4. The van der Waals surface area contributed by atoms with Gasteiger partial charge in [0, 0.05) is 18.8 Å². The molecule has 1 fully saturated rings. The highest BCUT2D eigenvalue weighted by atomic mass is 35.5. The van der Waals surface area contributed by atoms with E-state index in [0.29, 0.717) is 0 Å². The molecule has 3 rings (SSSR count). The van der Waals surface area contributed by atoms with E-state index in [9.17, 15) is 13.2 Å². The van der Waals surface area contributed by atoms with Crippen molar-refractivity contribution in [2.45, 2.75) is 24.7 Å². The number of nitrogens with zero attached hydrogens (tertiary/aromatic N) is 3. The summed E-state index contributed by atoms with van der Waals surface area (Å²) in [6.07, 6.45) is 0.466. The summed E-state index contributed by atoms with van der Waals surface area (Å²) in [6.45, 7) is 0. The second kappa shape index (κ2) is 3.50. The van der Waals surface area contributed by atoms with E-state index in [4.69, 9.17) is 17.3 Å². The predicted molar refractivity (Wildman–Crippen MR) is 59.3 cm³/mol. The van der Waals surface area contributed by atoms with Crippen LogP contribution in [0.5, 0.6) is 0 Å². The first-order valence-electron chi connectivity index (χ1n) is 5.25. The summed E-state index contributed by atoms with van der Waals surface area (Å²) in [4.78, 5) is 3.65. The van der Waals surface area contributed by atoms with Gasteiger partial charge in [0.15, 0.2) is 5.82 Å². The van der Waals surface area contributed by atoms with E-state index in [1.807, 2.05) is 0 Å². The van der Waals surface area contributed by atoms with E-state index in [1.165, 1.54) is 10.7 Å². The largest absolute Gasteiger partial charge is 0.367 e. The summed E-state index contributed by atoms with van der Waals surface area (Å²) in [5.74, 6) is -4.00. The quantitative estimate of drug-likeness (QED) is 0.871. The average molecular weight is 277 g/mol. The SMILES string of the molecule is Nc1ncc2c(F)c(Cl)c(C3CC(F)(F)C3)n2n1. The van der Waals surface area contributed by atoms with Gasteiger partial charge >= 0.3 is 0 Å². The fourth-order valence-corrected chi connectivity index (χ4v) is 2.55. The van der Waals surface area contributed by atoms with E-state index in [-0.39, 0.29) is 35.0 Å².